The number of rotatable bonds is 8. The molecule has 0 radical (unpaired) electrons. The fraction of sp³-hybridized carbons (Fsp3) is 0.455. The second-order valence-electron chi connectivity index (χ2n) is 3.60. The van der Waals surface area contributed by atoms with Crippen LogP contribution in [0.15, 0.2) is 12.1 Å². The summed E-state index contributed by atoms with van der Waals surface area (Å²) in [6.07, 6.45) is 0.156. The van der Waals surface area contributed by atoms with Gasteiger partial charge in [0.2, 0.25) is 0 Å². The van der Waals surface area contributed by atoms with Crippen molar-refractivity contribution in [2.75, 3.05) is 18.1 Å². The third-order valence-corrected chi connectivity index (χ3v) is 4.39. The van der Waals surface area contributed by atoms with Gasteiger partial charge in [-0.3, -0.25) is 9.59 Å². The molecule has 0 aromatic carbocycles. The van der Waals surface area contributed by atoms with Crippen molar-refractivity contribution in [3.05, 3.63) is 23.5 Å². The molecule has 0 saturated heterocycles. The van der Waals surface area contributed by atoms with Crippen LogP contribution in [-0.2, 0) is 4.79 Å². The lowest BCUT2D eigenvalue weighted by Crippen LogP contribution is -2.26. The summed E-state index contributed by atoms with van der Waals surface area (Å²) in [6, 6.07) is 3.37. The van der Waals surface area contributed by atoms with Gasteiger partial charge in [0.15, 0.2) is 5.69 Å². The Kier molecular flexibility index (Phi) is 7.27. The number of aliphatic carboxylic acids is 1. The maximum Gasteiger partial charge on any atom is 0.304 e. The summed E-state index contributed by atoms with van der Waals surface area (Å²) in [7, 11) is 3.03. The van der Waals surface area contributed by atoms with Crippen molar-refractivity contribution in [2.45, 2.75) is 13.3 Å². The van der Waals surface area contributed by atoms with E-state index in [1.54, 1.807) is 19.1 Å². The summed E-state index contributed by atoms with van der Waals surface area (Å²) >= 11 is 0. The smallest absolute Gasteiger partial charge is 0.304 e. The number of carboxylic acid groups (broad SMARTS) is 1. The molecule has 0 saturated carbocycles. The first-order valence-corrected chi connectivity index (χ1v) is 8.13. The molecule has 0 aliphatic heterocycles. The van der Waals surface area contributed by atoms with Crippen LogP contribution in [0, 0.1) is 6.92 Å². The van der Waals surface area contributed by atoms with Crippen LogP contribution in [0.4, 0.5) is 0 Å². The fourth-order valence-corrected chi connectivity index (χ4v) is 2.95. The molecule has 19 heavy (non-hydrogen) atoms. The molecule has 0 aliphatic carbocycles. The van der Waals surface area contributed by atoms with E-state index in [0.29, 0.717) is 18.0 Å². The van der Waals surface area contributed by atoms with Gasteiger partial charge in [0, 0.05) is 18.1 Å². The first kappa shape index (κ1) is 15.8. The summed E-state index contributed by atoms with van der Waals surface area (Å²) in [5.74, 6) is 0.246. The molecule has 0 bridgehead atoms. The van der Waals surface area contributed by atoms with Gasteiger partial charge < -0.3 is 10.4 Å². The number of nitrogens with zero attached hydrogens (tertiary/aromatic N) is 2. The van der Waals surface area contributed by atoms with Crippen molar-refractivity contribution >= 4 is 33.5 Å². The molecule has 1 aromatic heterocycles. The summed E-state index contributed by atoms with van der Waals surface area (Å²) < 4.78 is 0. The van der Waals surface area contributed by atoms with Crippen LogP contribution in [0.5, 0.6) is 0 Å². The van der Waals surface area contributed by atoms with Crippen LogP contribution in [0.25, 0.3) is 0 Å². The third kappa shape index (κ3) is 7.02. The first-order chi connectivity index (χ1) is 9.09. The minimum Gasteiger partial charge on any atom is -0.481 e. The van der Waals surface area contributed by atoms with E-state index in [4.69, 9.17) is 5.11 Å². The Morgan fingerprint density at radius 3 is 2.63 bits per heavy atom. The lowest BCUT2D eigenvalue weighted by atomic mass is 10.3. The van der Waals surface area contributed by atoms with E-state index in [2.05, 4.69) is 15.5 Å². The van der Waals surface area contributed by atoms with Crippen molar-refractivity contribution in [3.8, 4) is 0 Å². The molecule has 0 atom stereocenters. The molecule has 1 amide bonds. The zero-order chi connectivity index (χ0) is 14.1. The van der Waals surface area contributed by atoms with Crippen LogP contribution < -0.4 is 5.32 Å². The molecule has 6 nitrogen and oxygen atoms in total. The topological polar surface area (TPSA) is 92.2 Å². The van der Waals surface area contributed by atoms with Gasteiger partial charge >= 0.3 is 5.97 Å². The van der Waals surface area contributed by atoms with Gasteiger partial charge in [0.1, 0.15) is 0 Å². The highest BCUT2D eigenvalue weighted by Gasteiger charge is 2.06. The molecule has 1 rings (SSSR count). The largest absolute Gasteiger partial charge is 0.481 e. The van der Waals surface area contributed by atoms with E-state index in [-0.39, 0.29) is 12.3 Å². The number of carbonyl (C=O) groups excluding carboxylic acids is 1. The first-order valence-electron chi connectivity index (χ1n) is 5.64. The van der Waals surface area contributed by atoms with Crippen LogP contribution in [0.2, 0.25) is 0 Å². The molecule has 1 heterocycles. The summed E-state index contributed by atoms with van der Waals surface area (Å²) in [5, 5.41) is 18.8. The third-order valence-electron chi connectivity index (χ3n) is 1.98. The molecule has 0 spiro atoms. The second kappa shape index (κ2) is 8.76. The molecule has 0 aliphatic rings. The number of aromatic nitrogens is 2. The van der Waals surface area contributed by atoms with Crippen LogP contribution in [0.1, 0.15) is 22.6 Å². The molecule has 2 N–H and O–H groups in total. The predicted octanol–water partition coefficient (Wildman–Crippen LogP) is 1.37. The highest BCUT2D eigenvalue weighted by Crippen LogP contribution is 2.20. The van der Waals surface area contributed by atoms with Gasteiger partial charge in [-0.1, -0.05) is 21.6 Å². The Morgan fingerprint density at radius 1 is 1.26 bits per heavy atom. The number of hydrogen-bond donors (Lipinski definition) is 2. The Bertz CT molecular complexity index is 426. The van der Waals surface area contributed by atoms with Crippen LogP contribution in [0.3, 0.4) is 0 Å². The van der Waals surface area contributed by atoms with Crippen molar-refractivity contribution in [1.29, 1.82) is 0 Å². The summed E-state index contributed by atoms with van der Waals surface area (Å²) in [5.41, 5.74) is 1.07. The Balaban J connectivity index is 2.11. The Labute approximate surface area is 119 Å². The number of hydrogen-bond acceptors (Lipinski definition) is 6. The summed E-state index contributed by atoms with van der Waals surface area (Å²) in [6.45, 7) is 2.32. The van der Waals surface area contributed by atoms with E-state index in [1.807, 2.05) is 0 Å². The van der Waals surface area contributed by atoms with Crippen LogP contribution >= 0.6 is 21.6 Å². The van der Waals surface area contributed by atoms with E-state index < -0.39 is 5.97 Å². The van der Waals surface area contributed by atoms with Gasteiger partial charge in [0.25, 0.3) is 5.91 Å². The number of aryl methyl sites for hydroxylation is 1. The average Bonchev–Trinajstić information content (AvgIpc) is 2.38. The maximum absolute atomic E-state index is 11.6. The SMILES string of the molecule is Cc1ccc(C(=O)NCCSSCCC(=O)O)nn1. The molecule has 8 heteroatoms. The zero-order valence-corrected chi connectivity index (χ0v) is 12.1. The zero-order valence-electron chi connectivity index (χ0n) is 10.5. The van der Waals surface area contributed by atoms with E-state index in [1.165, 1.54) is 21.6 Å². The van der Waals surface area contributed by atoms with Gasteiger partial charge in [-0.05, 0) is 19.1 Å². The molecular weight excluding hydrogens is 286 g/mol. The van der Waals surface area contributed by atoms with Crippen LogP contribution in [-0.4, -0.2) is 45.2 Å². The van der Waals surface area contributed by atoms with Gasteiger partial charge in [-0.15, -0.1) is 5.10 Å². The Hall–Kier alpha value is -1.28. The maximum atomic E-state index is 11.6. The average molecular weight is 301 g/mol. The molecular formula is C11H15N3O3S2. The standard InChI is InChI=1S/C11H15N3O3S2/c1-8-2-3-9(14-13-8)11(17)12-5-7-19-18-6-4-10(15)16/h2-3H,4-7H2,1H3,(H,12,17)(H,15,16). The second-order valence-corrected chi connectivity index (χ2v) is 6.31. The summed E-state index contributed by atoms with van der Waals surface area (Å²) in [4.78, 5) is 21.9. The monoisotopic (exact) mass is 301 g/mol. The Morgan fingerprint density at radius 2 is 2.00 bits per heavy atom. The van der Waals surface area contributed by atoms with Crippen molar-refractivity contribution in [1.82, 2.24) is 15.5 Å². The minimum atomic E-state index is -0.792. The van der Waals surface area contributed by atoms with E-state index in [9.17, 15) is 9.59 Å². The molecule has 0 unspecified atom stereocenters. The van der Waals surface area contributed by atoms with E-state index >= 15 is 0 Å². The van der Waals surface area contributed by atoms with E-state index in [0.717, 1.165) is 11.4 Å². The molecule has 104 valence electrons. The lowest BCUT2D eigenvalue weighted by molar-refractivity contribution is -0.136. The quantitative estimate of drug-likeness (QED) is 0.553. The number of nitrogens with one attached hydrogen (secondary N) is 1. The molecule has 0 fully saturated rings. The van der Waals surface area contributed by atoms with Gasteiger partial charge in [-0.2, -0.15) is 5.10 Å². The van der Waals surface area contributed by atoms with Gasteiger partial charge in [-0.25, -0.2) is 0 Å². The lowest BCUT2D eigenvalue weighted by Gasteiger charge is -2.03. The highest BCUT2D eigenvalue weighted by molar-refractivity contribution is 8.76. The van der Waals surface area contributed by atoms with Crippen molar-refractivity contribution in [3.63, 3.8) is 0 Å². The number of carboxylic acids is 1. The van der Waals surface area contributed by atoms with Crippen molar-refractivity contribution in [2.24, 2.45) is 0 Å². The highest BCUT2D eigenvalue weighted by atomic mass is 33.1. The number of amides is 1. The minimum absolute atomic E-state index is 0.156. The normalized spacial score (nSPS) is 10.2. The van der Waals surface area contributed by atoms with Gasteiger partial charge in [0.05, 0.1) is 12.1 Å². The fourth-order valence-electron chi connectivity index (χ4n) is 1.06. The number of carbonyl (C=O) groups is 2. The molecule has 1 aromatic rings. The van der Waals surface area contributed by atoms with Crippen molar-refractivity contribution < 1.29 is 14.7 Å². The predicted molar refractivity (Wildman–Crippen MR) is 76.3 cm³/mol.